The van der Waals surface area contributed by atoms with Crippen LogP contribution in [-0.4, -0.2) is 41.1 Å². The minimum Gasteiger partial charge on any atom is -0.481 e. The van der Waals surface area contributed by atoms with Crippen LogP contribution < -0.4 is 10.6 Å². The summed E-state index contributed by atoms with van der Waals surface area (Å²) < 4.78 is 5.73. The molecule has 0 unspecified atom stereocenters. The maximum atomic E-state index is 13.1. The van der Waals surface area contributed by atoms with Gasteiger partial charge in [0.25, 0.3) is 5.91 Å². The minimum absolute atomic E-state index is 0.106. The average Bonchev–Trinajstić information content (AvgIpc) is 3.46. The summed E-state index contributed by atoms with van der Waals surface area (Å²) in [5, 5.41) is 16.2. The van der Waals surface area contributed by atoms with Gasteiger partial charge in [-0.2, -0.15) is 0 Å². The first kappa shape index (κ1) is 19.1. The van der Waals surface area contributed by atoms with Crippen molar-refractivity contribution in [3.63, 3.8) is 0 Å². The van der Waals surface area contributed by atoms with Gasteiger partial charge in [0.05, 0.1) is 29.6 Å². The van der Waals surface area contributed by atoms with Crippen LogP contribution in [-0.2, 0) is 27.2 Å². The molecule has 2 aliphatic carbocycles. The van der Waals surface area contributed by atoms with E-state index in [0.717, 1.165) is 55.4 Å². The molecule has 5 rings (SSSR count). The van der Waals surface area contributed by atoms with Gasteiger partial charge in [-0.1, -0.05) is 12.8 Å². The van der Waals surface area contributed by atoms with Crippen molar-refractivity contribution in [3.05, 3.63) is 16.0 Å². The standard InChI is InChI=1S/C21H26N2O5S/c24-18(22-10-4-1-2-5-10)15-11-6-3-7-14(11)29-20(15)23-19(25)16-12-8-9-13(28-12)17(16)21(26)27/h10,12-13,16-17H,1-9H2,(H,22,24)(H,23,25)(H,26,27)/t12-,13-,16+,17+/m1/s1. The van der Waals surface area contributed by atoms with Gasteiger partial charge in [0.15, 0.2) is 0 Å². The SMILES string of the molecule is O=C(NC1CCCC1)c1c(NC(=O)[C@@H]2[C@@H](C(=O)O)[C@H]3CC[C@H]2O3)sc2c1CCC2. The van der Waals surface area contributed by atoms with E-state index in [1.165, 1.54) is 11.3 Å². The predicted octanol–water partition coefficient (Wildman–Crippen LogP) is 2.73. The second kappa shape index (κ2) is 7.40. The van der Waals surface area contributed by atoms with Crippen molar-refractivity contribution in [3.8, 4) is 0 Å². The smallest absolute Gasteiger partial charge is 0.310 e. The molecule has 0 aromatic carbocycles. The Morgan fingerprint density at radius 1 is 0.966 bits per heavy atom. The summed E-state index contributed by atoms with van der Waals surface area (Å²) in [7, 11) is 0. The van der Waals surface area contributed by atoms with E-state index in [4.69, 9.17) is 4.74 Å². The molecule has 3 N–H and O–H groups in total. The molecular formula is C21H26N2O5S. The number of carboxylic acids is 1. The minimum atomic E-state index is -0.981. The van der Waals surface area contributed by atoms with E-state index < -0.39 is 17.8 Å². The van der Waals surface area contributed by atoms with Gasteiger partial charge in [0.1, 0.15) is 5.00 Å². The number of ether oxygens (including phenoxy) is 1. The molecule has 156 valence electrons. The second-order valence-electron chi connectivity index (χ2n) is 8.69. The average molecular weight is 419 g/mol. The molecule has 1 aromatic heterocycles. The Morgan fingerprint density at radius 3 is 2.41 bits per heavy atom. The zero-order chi connectivity index (χ0) is 20.1. The third-order valence-corrected chi connectivity index (χ3v) is 8.14. The van der Waals surface area contributed by atoms with Crippen molar-refractivity contribution >= 4 is 34.1 Å². The van der Waals surface area contributed by atoms with Crippen LogP contribution in [0.5, 0.6) is 0 Å². The number of aliphatic carboxylic acids is 1. The van der Waals surface area contributed by atoms with Crippen LogP contribution in [0.15, 0.2) is 0 Å². The second-order valence-corrected chi connectivity index (χ2v) is 9.79. The molecule has 7 nitrogen and oxygen atoms in total. The molecule has 8 heteroatoms. The van der Waals surface area contributed by atoms with Crippen LogP contribution >= 0.6 is 11.3 Å². The number of carbonyl (C=O) groups is 3. The van der Waals surface area contributed by atoms with Gasteiger partial charge in [-0.3, -0.25) is 14.4 Å². The van der Waals surface area contributed by atoms with Crippen LogP contribution in [0.25, 0.3) is 0 Å². The fourth-order valence-electron chi connectivity index (χ4n) is 5.58. The maximum absolute atomic E-state index is 13.1. The number of aryl methyl sites for hydroxylation is 1. The Balaban J connectivity index is 1.39. The van der Waals surface area contributed by atoms with Gasteiger partial charge in [0.2, 0.25) is 5.91 Å². The number of carboxylic acid groups (broad SMARTS) is 1. The molecule has 2 amide bonds. The van der Waals surface area contributed by atoms with Gasteiger partial charge in [-0.25, -0.2) is 0 Å². The molecule has 2 saturated heterocycles. The van der Waals surface area contributed by atoms with E-state index in [1.54, 1.807) is 0 Å². The topological polar surface area (TPSA) is 105 Å². The largest absolute Gasteiger partial charge is 0.481 e. The highest BCUT2D eigenvalue weighted by molar-refractivity contribution is 7.17. The lowest BCUT2D eigenvalue weighted by Gasteiger charge is -2.24. The fourth-order valence-corrected chi connectivity index (χ4v) is 6.87. The van der Waals surface area contributed by atoms with Crippen molar-refractivity contribution in [1.82, 2.24) is 5.32 Å². The summed E-state index contributed by atoms with van der Waals surface area (Å²) in [6, 6.07) is 0.207. The van der Waals surface area contributed by atoms with Crippen LogP contribution in [0.2, 0.25) is 0 Å². The normalized spacial score (nSPS) is 30.5. The molecule has 2 aliphatic heterocycles. The molecule has 0 radical (unpaired) electrons. The predicted molar refractivity (Wildman–Crippen MR) is 107 cm³/mol. The monoisotopic (exact) mass is 418 g/mol. The highest BCUT2D eigenvalue weighted by atomic mass is 32.1. The molecule has 3 heterocycles. The van der Waals surface area contributed by atoms with Crippen LogP contribution in [0.3, 0.4) is 0 Å². The molecule has 4 atom stereocenters. The zero-order valence-electron chi connectivity index (χ0n) is 16.2. The molecule has 0 spiro atoms. The van der Waals surface area contributed by atoms with Crippen LogP contribution in [0, 0.1) is 11.8 Å². The summed E-state index contributed by atoms with van der Waals surface area (Å²) in [6.07, 6.45) is 7.75. The number of rotatable bonds is 5. The number of hydrogen-bond acceptors (Lipinski definition) is 5. The lowest BCUT2D eigenvalue weighted by molar-refractivity contribution is -0.147. The van der Waals surface area contributed by atoms with Gasteiger partial charge in [-0.05, 0) is 50.5 Å². The first-order valence-electron chi connectivity index (χ1n) is 10.7. The zero-order valence-corrected chi connectivity index (χ0v) is 17.1. The molecule has 1 saturated carbocycles. The van der Waals surface area contributed by atoms with Crippen molar-refractivity contribution < 1.29 is 24.2 Å². The Labute approximate surface area is 173 Å². The third-order valence-electron chi connectivity index (χ3n) is 6.94. The summed E-state index contributed by atoms with van der Waals surface area (Å²) in [6.45, 7) is 0. The highest BCUT2D eigenvalue weighted by Gasteiger charge is 2.55. The van der Waals surface area contributed by atoms with Gasteiger partial charge in [0, 0.05) is 10.9 Å². The number of thiophene rings is 1. The first-order chi connectivity index (χ1) is 14.0. The Morgan fingerprint density at radius 2 is 1.69 bits per heavy atom. The van der Waals surface area contributed by atoms with E-state index in [0.29, 0.717) is 23.4 Å². The molecule has 4 aliphatic rings. The van der Waals surface area contributed by atoms with E-state index in [9.17, 15) is 19.5 Å². The van der Waals surface area contributed by atoms with Crippen molar-refractivity contribution in [2.24, 2.45) is 11.8 Å². The number of nitrogens with one attached hydrogen (secondary N) is 2. The third kappa shape index (κ3) is 3.26. The van der Waals surface area contributed by atoms with Crippen molar-refractivity contribution in [2.45, 2.75) is 76.0 Å². The summed E-state index contributed by atoms with van der Waals surface area (Å²) in [4.78, 5) is 39.0. The van der Waals surface area contributed by atoms with E-state index in [-0.39, 0.29) is 30.1 Å². The number of anilines is 1. The molecule has 3 fully saturated rings. The highest BCUT2D eigenvalue weighted by Crippen LogP contribution is 2.45. The lowest BCUT2D eigenvalue weighted by Crippen LogP contribution is -2.41. The van der Waals surface area contributed by atoms with E-state index >= 15 is 0 Å². The van der Waals surface area contributed by atoms with E-state index in [1.807, 2.05) is 0 Å². The number of hydrogen-bond donors (Lipinski definition) is 3. The van der Waals surface area contributed by atoms with Gasteiger partial charge >= 0.3 is 5.97 Å². The van der Waals surface area contributed by atoms with Crippen LogP contribution in [0.1, 0.15) is 65.7 Å². The number of amides is 2. The Kier molecular flexibility index (Phi) is 4.86. The Hall–Kier alpha value is -1.93. The number of carbonyl (C=O) groups excluding carboxylic acids is 2. The lowest BCUT2D eigenvalue weighted by atomic mass is 9.79. The maximum Gasteiger partial charge on any atom is 0.310 e. The van der Waals surface area contributed by atoms with Crippen molar-refractivity contribution in [2.75, 3.05) is 5.32 Å². The molecular weight excluding hydrogens is 392 g/mol. The first-order valence-corrected chi connectivity index (χ1v) is 11.5. The fraction of sp³-hybridized carbons (Fsp3) is 0.667. The summed E-state index contributed by atoms with van der Waals surface area (Å²) >= 11 is 1.47. The molecule has 2 bridgehead atoms. The van der Waals surface area contributed by atoms with Gasteiger partial charge < -0.3 is 20.5 Å². The molecule has 29 heavy (non-hydrogen) atoms. The Bertz CT molecular complexity index is 859. The van der Waals surface area contributed by atoms with Crippen molar-refractivity contribution in [1.29, 1.82) is 0 Å². The molecule has 1 aromatic rings. The summed E-state index contributed by atoms with van der Waals surface area (Å²) in [5.74, 6) is -2.93. The number of fused-ring (bicyclic) bond motifs is 3. The van der Waals surface area contributed by atoms with Crippen LogP contribution in [0.4, 0.5) is 5.00 Å². The quantitative estimate of drug-likeness (QED) is 0.682. The van der Waals surface area contributed by atoms with Gasteiger partial charge in [-0.15, -0.1) is 11.3 Å². The summed E-state index contributed by atoms with van der Waals surface area (Å²) in [5.41, 5.74) is 1.65. The van der Waals surface area contributed by atoms with E-state index in [2.05, 4.69) is 10.6 Å².